The summed E-state index contributed by atoms with van der Waals surface area (Å²) in [6.45, 7) is 3.81. The Kier molecular flexibility index (Phi) is 6.83. The zero-order valence-electron chi connectivity index (χ0n) is 17.0. The number of carbonyl (C=O) groups is 2. The SMILES string of the molecule is Cc1cc(/C=N\NC(=O)C(=O)Nc2cccc(C(F)(F)F)c2)c(C)n1-c1ccc(Br)cc1. The van der Waals surface area contributed by atoms with Crippen LogP contribution in [0.1, 0.15) is 22.5 Å². The lowest BCUT2D eigenvalue weighted by Gasteiger charge is -2.09. The van der Waals surface area contributed by atoms with Crippen LogP contribution in [0.15, 0.2) is 64.2 Å². The fraction of sp³-hybridized carbons (Fsp3) is 0.136. The Hall–Kier alpha value is -3.40. The smallest absolute Gasteiger partial charge is 0.318 e. The van der Waals surface area contributed by atoms with E-state index in [9.17, 15) is 22.8 Å². The number of hydrogen-bond donors (Lipinski definition) is 2. The predicted octanol–water partition coefficient (Wildman–Crippen LogP) is 4.96. The van der Waals surface area contributed by atoms with Crippen LogP contribution in [0.2, 0.25) is 0 Å². The highest BCUT2D eigenvalue weighted by Gasteiger charge is 2.30. The number of nitrogens with zero attached hydrogens (tertiary/aromatic N) is 2. The highest BCUT2D eigenvalue weighted by Crippen LogP contribution is 2.30. The van der Waals surface area contributed by atoms with Crippen molar-refractivity contribution in [2.75, 3.05) is 5.32 Å². The predicted molar refractivity (Wildman–Crippen MR) is 119 cm³/mol. The summed E-state index contributed by atoms with van der Waals surface area (Å²) in [5.41, 5.74) is 4.49. The average Bonchev–Trinajstić information content (AvgIpc) is 3.01. The molecule has 0 saturated heterocycles. The van der Waals surface area contributed by atoms with Crippen molar-refractivity contribution in [1.82, 2.24) is 9.99 Å². The molecule has 0 saturated carbocycles. The zero-order valence-corrected chi connectivity index (χ0v) is 18.6. The maximum absolute atomic E-state index is 12.8. The van der Waals surface area contributed by atoms with Crippen molar-refractivity contribution in [3.8, 4) is 5.69 Å². The molecular formula is C22H18BrF3N4O2. The van der Waals surface area contributed by atoms with Crippen molar-refractivity contribution in [2.45, 2.75) is 20.0 Å². The molecule has 2 aromatic carbocycles. The normalized spacial score (nSPS) is 11.6. The van der Waals surface area contributed by atoms with Crippen LogP contribution in [0.25, 0.3) is 5.69 Å². The van der Waals surface area contributed by atoms with Gasteiger partial charge in [0, 0.05) is 32.8 Å². The molecule has 0 radical (unpaired) electrons. The van der Waals surface area contributed by atoms with Crippen LogP contribution < -0.4 is 10.7 Å². The molecule has 0 unspecified atom stereocenters. The number of aromatic nitrogens is 1. The highest BCUT2D eigenvalue weighted by atomic mass is 79.9. The van der Waals surface area contributed by atoms with Crippen molar-refractivity contribution in [1.29, 1.82) is 0 Å². The molecule has 6 nitrogen and oxygen atoms in total. The van der Waals surface area contributed by atoms with E-state index >= 15 is 0 Å². The molecule has 0 fully saturated rings. The van der Waals surface area contributed by atoms with Crippen molar-refractivity contribution < 1.29 is 22.8 Å². The topological polar surface area (TPSA) is 75.5 Å². The molecule has 0 aliphatic heterocycles. The van der Waals surface area contributed by atoms with Gasteiger partial charge in [-0.1, -0.05) is 22.0 Å². The minimum Gasteiger partial charge on any atom is -0.318 e. The monoisotopic (exact) mass is 506 g/mol. The molecule has 0 aliphatic carbocycles. The molecule has 3 aromatic rings. The van der Waals surface area contributed by atoms with Crippen LogP contribution >= 0.6 is 15.9 Å². The summed E-state index contributed by atoms with van der Waals surface area (Å²) in [7, 11) is 0. The zero-order chi connectivity index (χ0) is 23.5. The number of rotatable bonds is 4. The number of benzene rings is 2. The maximum Gasteiger partial charge on any atom is 0.416 e. The summed E-state index contributed by atoms with van der Waals surface area (Å²) in [4.78, 5) is 23.9. The van der Waals surface area contributed by atoms with Crippen LogP contribution in [0, 0.1) is 13.8 Å². The lowest BCUT2D eigenvalue weighted by Crippen LogP contribution is -2.32. The number of hydrogen-bond acceptors (Lipinski definition) is 3. The van der Waals surface area contributed by atoms with E-state index in [1.165, 1.54) is 12.3 Å². The Morgan fingerprint density at radius 1 is 1.03 bits per heavy atom. The molecule has 3 rings (SSSR count). The molecule has 32 heavy (non-hydrogen) atoms. The standard InChI is InChI=1S/C22H18BrF3N4O2/c1-13-10-15(14(2)30(13)19-8-6-17(23)7-9-19)12-27-29-21(32)20(31)28-18-5-3-4-16(11-18)22(24,25)26/h3-12H,1-2H3,(H,28,31)(H,29,32)/b27-12-. The first-order chi connectivity index (χ1) is 15.1. The molecule has 1 aromatic heterocycles. The Balaban J connectivity index is 1.66. The van der Waals surface area contributed by atoms with E-state index in [-0.39, 0.29) is 5.69 Å². The van der Waals surface area contributed by atoms with Gasteiger partial charge in [-0.15, -0.1) is 0 Å². The van der Waals surface area contributed by atoms with Gasteiger partial charge in [-0.2, -0.15) is 18.3 Å². The molecule has 10 heteroatoms. The first-order valence-corrected chi connectivity index (χ1v) is 10.1. The van der Waals surface area contributed by atoms with Gasteiger partial charge in [0.25, 0.3) is 0 Å². The van der Waals surface area contributed by atoms with Crippen LogP contribution in [0.5, 0.6) is 0 Å². The summed E-state index contributed by atoms with van der Waals surface area (Å²) in [6, 6.07) is 13.6. The third-order valence-electron chi connectivity index (χ3n) is 4.58. The van der Waals surface area contributed by atoms with Gasteiger partial charge in [-0.3, -0.25) is 9.59 Å². The van der Waals surface area contributed by atoms with Gasteiger partial charge >= 0.3 is 18.0 Å². The van der Waals surface area contributed by atoms with E-state index in [1.807, 2.05) is 48.7 Å². The second-order valence-corrected chi connectivity index (χ2v) is 7.79. The Labute approximate surface area is 190 Å². The van der Waals surface area contributed by atoms with Crippen LogP contribution in [0.3, 0.4) is 0 Å². The first kappa shape index (κ1) is 23.3. The van der Waals surface area contributed by atoms with Gasteiger partial charge in [0.05, 0.1) is 11.8 Å². The second-order valence-electron chi connectivity index (χ2n) is 6.87. The van der Waals surface area contributed by atoms with Crippen molar-refractivity contribution in [3.05, 3.63) is 81.6 Å². The van der Waals surface area contributed by atoms with E-state index < -0.39 is 23.6 Å². The number of halogens is 4. The van der Waals surface area contributed by atoms with Gasteiger partial charge < -0.3 is 9.88 Å². The van der Waals surface area contributed by atoms with Gasteiger partial charge in [-0.05, 0) is 62.4 Å². The van der Waals surface area contributed by atoms with E-state index in [0.717, 1.165) is 45.3 Å². The van der Waals surface area contributed by atoms with Gasteiger partial charge in [-0.25, -0.2) is 5.43 Å². The van der Waals surface area contributed by atoms with Crippen LogP contribution in [-0.2, 0) is 15.8 Å². The minimum atomic E-state index is -4.56. The number of anilines is 1. The number of nitrogens with one attached hydrogen (secondary N) is 2. The average molecular weight is 507 g/mol. The largest absolute Gasteiger partial charge is 0.416 e. The minimum absolute atomic E-state index is 0.151. The van der Waals surface area contributed by atoms with Gasteiger partial charge in [0.1, 0.15) is 0 Å². The highest BCUT2D eigenvalue weighted by molar-refractivity contribution is 9.10. The number of aryl methyl sites for hydroxylation is 1. The lowest BCUT2D eigenvalue weighted by atomic mass is 10.2. The lowest BCUT2D eigenvalue weighted by molar-refractivity contribution is -0.137. The number of hydrazone groups is 1. The third kappa shape index (κ3) is 5.44. The van der Waals surface area contributed by atoms with Gasteiger partial charge in [0.2, 0.25) is 0 Å². The number of carbonyl (C=O) groups excluding carboxylic acids is 2. The van der Waals surface area contributed by atoms with Crippen molar-refractivity contribution in [2.24, 2.45) is 5.10 Å². The van der Waals surface area contributed by atoms with Crippen molar-refractivity contribution >= 4 is 39.6 Å². The summed E-state index contributed by atoms with van der Waals surface area (Å²) in [5, 5.41) is 5.92. The Morgan fingerprint density at radius 3 is 2.38 bits per heavy atom. The first-order valence-electron chi connectivity index (χ1n) is 9.33. The second kappa shape index (κ2) is 9.39. The summed E-state index contributed by atoms with van der Waals surface area (Å²) in [5.74, 6) is -2.25. The van der Waals surface area contributed by atoms with E-state index in [1.54, 1.807) is 0 Å². The van der Waals surface area contributed by atoms with Crippen molar-refractivity contribution in [3.63, 3.8) is 0 Å². The molecule has 0 atom stereocenters. The number of alkyl halides is 3. The summed E-state index contributed by atoms with van der Waals surface area (Å²) < 4.78 is 41.3. The maximum atomic E-state index is 12.8. The van der Waals surface area contributed by atoms with Crippen LogP contribution in [-0.4, -0.2) is 22.6 Å². The number of amides is 2. The molecule has 2 amide bonds. The molecule has 1 heterocycles. The Bertz CT molecular complexity index is 1180. The molecule has 0 aliphatic rings. The third-order valence-corrected chi connectivity index (χ3v) is 5.11. The summed E-state index contributed by atoms with van der Waals surface area (Å²) >= 11 is 3.40. The quantitative estimate of drug-likeness (QED) is 0.298. The molecular weight excluding hydrogens is 489 g/mol. The summed E-state index contributed by atoms with van der Waals surface area (Å²) in [6.07, 6.45) is -3.16. The Morgan fingerprint density at radius 2 is 1.72 bits per heavy atom. The van der Waals surface area contributed by atoms with E-state index in [0.29, 0.717) is 0 Å². The molecule has 0 spiro atoms. The fourth-order valence-corrected chi connectivity index (χ4v) is 3.34. The van der Waals surface area contributed by atoms with E-state index in [4.69, 9.17) is 0 Å². The molecule has 166 valence electrons. The van der Waals surface area contributed by atoms with Gasteiger partial charge in [0.15, 0.2) is 0 Å². The van der Waals surface area contributed by atoms with Crippen LogP contribution in [0.4, 0.5) is 18.9 Å². The molecule has 2 N–H and O–H groups in total. The molecule has 0 bridgehead atoms. The fourth-order valence-electron chi connectivity index (χ4n) is 3.08. The van der Waals surface area contributed by atoms with E-state index in [2.05, 4.69) is 31.8 Å².